The summed E-state index contributed by atoms with van der Waals surface area (Å²) in [7, 11) is 3.53. The molecule has 296 valence electrons. The fourth-order valence-corrected chi connectivity index (χ4v) is 6.12. The Kier molecular flexibility index (Phi) is 18.0. The van der Waals surface area contributed by atoms with Gasteiger partial charge in [0.15, 0.2) is 0 Å². The number of halogens is 2. The van der Waals surface area contributed by atoms with Crippen LogP contribution in [0, 0.1) is 41.0 Å². The van der Waals surface area contributed by atoms with Crippen molar-refractivity contribution in [2.75, 3.05) is 13.2 Å². The molecule has 0 aliphatic carbocycles. The van der Waals surface area contributed by atoms with Crippen LogP contribution in [0.5, 0.6) is 0 Å². The molecule has 0 spiro atoms. The number of carbonyl (C=O) groups excluding carboxylic acids is 2. The molecule has 0 fully saturated rings. The zero-order chi connectivity index (χ0) is 42.4. The molecule has 4 aromatic heterocycles. The second kappa shape index (κ2) is 22.1. The van der Waals surface area contributed by atoms with Gasteiger partial charge in [0.05, 0.1) is 38.6 Å². The van der Waals surface area contributed by atoms with Gasteiger partial charge in [-0.15, -0.1) is 0 Å². The second-order valence-electron chi connectivity index (χ2n) is 12.0. The number of benzene rings is 2. The van der Waals surface area contributed by atoms with E-state index in [9.17, 15) is 29.8 Å². The van der Waals surface area contributed by atoms with Crippen molar-refractivity contribution in [2.24, 2.45) is 14.1 Å². The van der Waals surface area contributed by atoms with Crippen LogP contribution in [0.25, 0.3) is 44.3 Å². The van der Waals surface area contributed by atoms with E-state index in [-0.39, 0.29) is 49.2 Å². The van der Waals surface area contributed by atoms with Crippen molar-refractivity contribution in [3.05, 3.63) is 110 Å². The van der Waals surface area contributed by atoms with Gasteiger partial charge >= 0.3 is 35.9 Å². The van der Waals surface area contributed by atoms with Crippen LogP contribution in [0.4, 0.5) is 11.4 Å². The van der Waals surface area contributed by atoms with E-state index in [1.165, 1.54) is 28.5 Å². The predicted octanol–water partition coefficient (Wildman–Crippen LogP) is 8.58. The molecule has 57 heavy (non-hydrogen) atoms. The van der Waals surface area contributed by atoms with E-state index in [1.807, 2.05) is 38.1 Å². The first-order valence-electron chi connectivity index (χ1n) is 17.4. The minimum atomic E-state index is -0.427. The van der Waals surface area contributed by atoms with Gasteiger partial charge in [-0.1, -0.05) is 6.42 Å². The van der Waals surface area contributed by atoms with E-state index in [2.05, 4.69) is 61.4 Å². The first-order valence-corrected chi connectivity index (χ1v) is 25.1. The average Bonchev–Trinajstić information content (AvgIpc) is 3.69. The molecule has 0 N–H and O–H groups in total. The third kappa shape index (κ3) is 12.2. The molecule has 16 nitrogen and oxygen atoms in total. The van der Waals surface area contributed by atoms with E-state index < -0.39 is 9.85 Å². The molecular formula is C38H40Br2N8O8Zn. The van der Waals surface area contributed by atoms with Crippen LogP contribution in [0.1, 0.15) is 43.6 Å². The Bertz CT molecular complexity index is 2390. The van der Waals surface area contributed by atoms with Gasteiger partial charge in [0.25, 0.3) is 17.3 Å². The number of carbonyl (C=O) groups is 2. The summed E-state index contributed by atoms with van der Waals surface area (Å²) in [5.74, 6) is -0.606. The van der Waals surface area contributed by atoms with Crippen molar-refractivity contribution in [3.63, 3.8) is 0 Å². The van der Waals surface area contributed by atoms with Crippen molar-refractivity contribution in [1.82, 2.24) is 29.5 Å². The van der Waals surface area contributed by atoms with Crippen LogP contribution < -0.4 is 0 Å². The standard InChI is InChI=1S/C19H20N4O4.C14H11BrN4O2.C5H9O2.BrH.Zn/c1-4-27-18(24)6-5-13-10-15-17(11-16(13)23(25)26)22(3)21-19(15)14-7-8-20-12(2)9-14;1-8-5-9(3-4-16-8)14-10-6-11(15)13(19(20)21)7-12(10)18(2)17-14;1-3-5(6)7-4-2;;/h7-11H,4-6H2,1-3H3;3-7H,1-2H3;1,3-4H2,2H3;1H;/q;;-1;;+2/p-1. The topological polar surface area (TPSA) is 200 Å². The molecule has 6 rings (SSSR count). The number of hydrogen-bond acceptors (Lipinski definition) is 12. The molecule has 0 amide bonds. The first-order chi connectivity index (χ1) is 27.2. The van der Waals surface area contributed by atoms with Crippen LogP contribution in [0.3, 0.4) is 0 Å². The van der Waals surface area contributed by atoms with Gasteiger partial charge in [0.2, 0.25) is 0 Å². The zero-order valence-corrected chi connectivity index (χ0v) is 38.5. The maximum absolute atomic E-state index is 11.7. The summed E-state index contributed by atoms with van der Waals surface area (Å²) in [5.41, 5.74) is 6.96. The third-order valence-electron chi connectivity index (χ3n) is 8.12. The Morgan fingerprint density at radius 1 is 0.772 bits per heavy atom. The van der Waals surface area contributed by atoms with Crippen LogP contribution in [-0.4, -0.2) is 64.5 Å². The molecule has 0 bridgehead atoms. The number of pyridine rings is 2. The van der Waals surface area contributed by atoms with Gasteiger partial charge in [0, 0.05) is 83.9 Å². The Labute approximate surface area is 353 Å². The van der Waals surface area contributed by atoms with Crippen molar-refractivity contribution in [2.45, 2.75) is 47.0 Å². The van der Waals surface area contributed by atoms with Crippen molar-refractivity contribution < 1.29 is 45.3 Å². The number of aryl methyl sites for hydroxylation is 5. The summed E-state index contributed by atoms with van der Waals surface area (Å²) >= 11 is 7.51. The molecule has 0 atom stereocenters. The summed E-state index contributed by atoms with van der Waals surface area (Å²) in [6.45, 7) is 11.4. The Morgan fingerprint density at radius 3 is 1.65 bits per heavy atom. The molecule has 0 aliphatic rings. The summed E-state index contributed by atoms with van der Waals surface area (Å²) in [6.07, 6.45) is 3.98. The summed E-state index contributed by atoms with van der Waals surface area (Å²) in [5, 5.41) is 33.2. The number of aromatic nitrogens is 6. The minimum absolute atomic E-state index is 0.0211. The molecule has 4 heterocycles. The van der Waals surface area contributed by atoms with Crippen molar-refractivity contribution >= 4 is 74.7 Å². The normalized spacial score (nSPS) is 10.4. The van der Waals surface area contributed by atoms with E-state index in [1.54, 1.807) is 61.8 Å². The molecule has 0 saturated carbocycles. The zero-order valence-electron chi connectivity index (χ0n) is 32.3. The second-order valence-corrected chi connectivity index (χ2v) is 12.9. The number of ether oxygens (including phenoxy) is 2. The van der Waals surface area contributed by atoms with Gasteiger partial charge < -0.3 is 16.4 Å². The number of nitrogens with zero attached hydrogens (tertiary/aromatic N) is 8. The molecule has 0 radical (unpaired) electrons. The quantitative estimate of drug-likeness (QED) is 0.0417. The van der Waals surface area contributed by atoms with Crippen LogP contribution in [0.15, 0.2) is 65.4 Å². The first kappa shape index (κ1) is 46.4. The van der Waals surface area contributed by atoms with Crippen molar-refractivity contribution in [1.29, 1.82) is 0 Å². The number of rotatable bonds is 10. The van der Waals surface area contributed by atoms with Gasteiger partial charge in [-0.3, -0.25) is 49.1 Å². The molecule has 0 unspecified atom stereocenters. The molecule has 2 aromatic carbocycles. The summed E-state index contributed by atoms with van der Waals surface area (Å²) < 4.78 is 13.1. The van der Waals surface area contributed by atoms with Gasteiger partial charge in [-0.05, 0) is 86.4 Å². The number of fused-ring (bicyclic) bond motifs is 2. The molecule has 0 saturated heterocycles. The number of nitro groups is 2. The van der Waals surface area contributed by atoms with Crippen LogP contribution in [0.2, 0.25) is 0 Å². The number of nitro benzene ring substituents is 2. The van der Waals surface area contributed by atoms with E-state index in [0.717, 1.165) is 50.2 Å². The molecule has 0 aliphatic heterocycles. The summed E-state index contributed by atoms with van der Waals surface area (Å²) in [6, 6.07) is 14.1. The molecular weight excluding hydrogens is 922 g/mol. The fourth-order valence-electron chi connectivity index (χ4n) is 5.63. The summed E-state index contributed by atoms with van der Waals surface area (Å²) in [4.78, 5) is 51.9. The van der Waals surface area contributed by atoms with Crippen molar-refractivity contribution in [3.8, 4) is 22.5 Å². The van der Waals surface area contributed by atoms with Gasteiger partial charge in [-0.2, -0.15) is 10.2 Å². The molecule has 19 heteroatoms. The SMILES string of the molecule is CCOC(=O)CCc1cc2c(-c3ccnc(C)c3)nn(C)c2cc1[N+](=O)[O-].Cc1cc(-c2nn(C)c3cc([N+](=O)[O-])c(Br)cc23)ccn1.[CH2-]CC(=O)OCC.[Zn+][Br]. The van der Waals surface area contributed by atoms with E-state index in [0.29, 0.717) is 22.2 Å². The maximum atomic E-state index is 11.7. The van der Waals surface area contributed by atoms with Crippen LogP contribution >= 0.6 is 29.6 Å². The van der Waals surface area contributed by atoms with Gasteiger partial charge in [0.1, 0.15) is 11.4 Å². The van der Waals surface area contributed by atoms with Gasteiger partial charge in [-0.25, -0.2) is 0 Å². The third-order valence-corrected chi connectivity index (χ3v) is 8.75. The van der Waals surface area contributed by atoms with E-state index in [4.69, 9.17) is 4.74 Å². The molecule has 6 aromatic rings. The average molecular weight is 962 g/mol. The Morgan fingerprint density at radius 2 is 1.23 bits per heavy atom. The monoisotopic (exact) mass is 958 g/mol. The van der Waals surface area contributed by atoms with E-state index >= 15 is 0 Å². The van der Waals surface area contributed by atoms with Crippen LogP contribution in [-0.2, 0) is 55.9 Å². The fraction of sp³-hybridized carbons (Fsp3) is 0.289. The Balaban J connectivity index is 0.000000257. The number of esters is 2. The Hall–Kier alpha value is -5.00. The number of hydrogen-bond donors (Lipinski definition) is 0. The predicted molar refractivity (Wildman–Crippen MR) is 219 cm³/mol.